The van der Waals surface area contributed by atoms with Gasteiger partial charge in [0.1, 0.15) is 11.5 Å². The van der Waals surface area contributed by atoms with E-state index in [2.05, 4.69) is 10.3 Å². The quantitative estimate of drug-likeness (QED) is 0.448. The van der Waals surface area contributed by atoms with Crippen molar-refractivity contribution in [3.63, 3.8) is 0 Å². The lowest BCUT2D eigenvalue weighted by Crippen LogP contribution is -2.42. The number of nitrogens with zero attached hydrogens (tertiary/aromatic N) is 3. The van der Waals surface area contributed by atoms with Gasteiger partial charge in [-0.25, -0.2) is 0 Å². The number of nitrogens with one attached hydrogen (secondary N) is 1. The topological polar surface area (TPSA) is 135 Å². The molecule has 3 heterocycles. The molecule has 9 heteroatoms. The second-order valence-corrected chi connectivity index (χ2v) is 8.11. The zero-order valence-corrected chi connectivity index (χ0v) is 17.4. The highest BCUT2D eigenvalue weighted by Gasteiger charge is 2.48. The number of hydrogen-bond donors (Lipinski definition) is 3. The van der Waals surface area contributed by atoms with Gasteiger partial charge in [-0.1, -0.05) is 0 Å². The Morgan fingerprint density at radius 1 is 1.23 bits per heavy atom. The van der Waals surface area contributed by atoms with Gasteiger partial charge in [0.05, 0.1) is 6.54 Å². The molecule has 1 aromatic heterocycles. The second kappa shape index (κ2) is 8.25. The lowest BCUT2D eigenvalue weighted by molar-refractivity contribution is -0.138. The molecule has 3 aliphatic rings. The molecule has 0 bridgehead atoms. The van der Waals surface area contributed by atoms with Crippen molar-refractivity contribution in [1.29, 1.82) is 0 Å². The lowest BCUT2D eigenvalue weighted by Gasteiger charge is -2.28. The molecule has 0 saturated heterocycles. The van der Waals surface area contributed by atoms with Gasteiger partial charge in [0.15, 0.2) is 0 Å². The molecule has 0 radical (unpaired) electrons. The summed E-state index contributed by atoms with van der Waals surface area (Å²) in [6.45, 7) is 2.41. The molecule has 2 aliphatic heterocycles. The standard InChI is InChI=1S/C22H26N6O3/c1-13-9-14(11-25-10-13)17(23)6-7-18(24)26-19(29)12-27-8-2-3-16-20(27)22(31)28(21(16)30)15-4-5-15/h6-7,9-11,15H,2-5,8,12,23-24H2,1H3,(H,26,29)/b17-6-,18-7+. The first-order valence-electron chi connectivity index (χ1n) is 10.4. The molecule has 0 unspecified atom stereocenters. The molecule has 9 nitrogen and oxygen atoms in total. The van der Waals surface area contributed by atoms with E-state index in [1.54, 1.807) is 23.4 Å². The zero-order valence-electron chi connectivity index (χ0n) is 17.4. The van der Waals surface area contributed by atoms with Crippen molar-refractivity contribution in [1.82, 2.24) is 20.1 Å². The van der Waals surface area contributed by atoms with Crippen LogP contribution >= 0.6 is 0 Å². The summed E-state index contributed by atoms with van der Waals surface area (Å²) in [5.41, 5.74) is 15.1. The Kier molecular flexibility index (Phi) is 5.50. The fourth-order valence-corrected chi connectivity index (χ4v) is 3.92. The molecular formula is C22H26N6O3. The van der Waals surface area contributed by atoms with Crippen LogP contribution in [0.1, 0.15) is 36.8 Å². The van der Waals surface area contributed by atoms with Gasteiger partial charge in [-0.3, -0.25) is 24.3 Å². The molecule has 1 aromatic rings. The van der Waals surface area contributed by atoms with Crippen LogP contribution in [0.2, 0.25) is 0 Å². The summed E-state index contributed by atoms with van der Waals surface area (Å²) in [6.07, 6.45) is 9.49. The number of hydrogen-bond acceptors (Lipinski definition) is 7. The fraction of sp³-hybridized carbons (Fsp3) is 0.364. The highest BCUT2D eigenvalue weighted by molar-refractivity contribution is 6.19. The normalized spacial score (nSPS) is 19.8. The van der Waals surface area contributed by atoms with Crippen molar-refractivity contribution >= 4 is 23.4 Å². The Bertz CT molecular complexity index is 1040. The first-order chi connectivity index (χ1) is 14.8. The number of pyridine rings is 1. The summed E-state index contributed by atoms with van der Waals surface area (Å²) < 4.78 is 0. The molecular weight excluding hydrogens is 396 g/mol. The maximum absolute atomic E-state index is 12.8. The van der Waals surface area contributed by atoms with Crippen molar-refractivity contribution in [2.75, 3.05) is 13.1 Å². The van der Waals surface area contributed by atoms with Gasteiger partial charge in [0.25, 0.3) is 11.8 Å². The SMILES string of the molecule is Cc1cncc(/C(N)=C/C=C(\N)NC(=O)CN2CCCC3=C2C(=O)N(C2CC2)C3=O)c1. The van der Waals surface area contributed by atoms with Crippen LogP contribution in [0.15, 0.2) is 47.7 Å². The summed E-state index contributed by atoms with van der Waals surface area (Å²) in [5, 5.41) is 2.61. The molecule has 0 aromatic carbocycles. The highest BCUT2D eigenvalue weighted by atomic mass is 16.2. The Morgan fingerprint density at radius 3 is 2.71 bits per heavy atom. The van der Waals surface area contributed by atoms with Gasteiger partial charge < -0.3 is 21.7 Å². The van der Waals surface area contributed by atoms with Crippen LogP contribution in [-0.2, 0) is 14.4 Å². The van der Waals surface area contributed by atoms with E-state index in [4.69, 9.17) is 11.5 Å². The Morgan fingerprint density at radius 2 is 2.00 bits per heavy atom. The number of nitrogens with two attached hydrogens (primary N) is 2. The number of aryl methyl sites for hydroxylation is 1. The smallest absolute Gasteiger partial charge is 0.277 e. The fourth-order valence-electron chi connectivity index (χ4n) is 3.92. The van der Waals surface area contributed by atoms with Gasteiger partial charge in [-0.2, -0.15) is 0 Å². The molecule has 4 rings (SSSR count). The van der Waals surface area contributed by atoms with Crippen molar-refractivity contribution in [2.24, 2.45) is 11.5 Å². The number of aromatic nitrogens is 1. The molecule has 0 atom stereocenters. The van der Waals surface area contributed by atoms with Crippen molar-refractivity contribution < 1.29 is 14.4 Å². The summed E-state index contributed by atoms with van der Waals surface area (Å²) in [5.74, 6) is -0.704. The van der Waals surface area contributed by atoms with Crippen LogP contribution in [0.25, 0.3) is 5.70 Å². The molecule has 0 spiro atoms. The van der Waals surface area contributed by atoms with Crippen LogP contribution in [0.4, 0.5) is 0 Å². The second-order valence-electron chi connectivity index (χ2n) is 8.11. The van der Waals surface area contributed by atoms with Crippen LogP contribution < -0.4 is 16.8 Å². The number of allylic oxidation sites excluding steroid dienone is 2. The molecule has 31 heavy (non-hydrogen) atoms. The van der Waals surface area contributed by atoms with Crippen LogP contribution in [0.3, 0.4) is 0 Å². The molecule has 1 fully saturated rings. The predicted octanol–water partition coefficient (Wildman–Crippen LogP) is 0.487. The van der Waals surface area contributed by atoms with E-state index in [0.717, 1.165) is 30.4 Å². The van der Waals surface area contributed by atoms with E-state index in [9.17, 15) is 14.4 Å². The van der Waals surface area contributed by atoms with E-state index < -0.39 is 0 Å². The minimum absolute atomic E-state index is 0.0145. The first-order valence-corrected chi connectivity index (χ1v) is 10.4. The van der Waals surface area contributed by atoms with Gasteiger partial charge in [0, 0.05) is 41.8 Å². The van der Waals surface area contributed by atoms with E-state index in [1.165, 1.54) is 11.0 Å². The van der Waals surface area contributed by atoms with E-state index in [0.29, 0.717) is 29.9 Å². The molecule has 3 amide bonds. The number of amides is 3. The van der Waals surface area contributed by atoms with Gasteiger partial charge in [0.2, 0.25) is 5.91 Å². The Labute approximate surface area is 180 Å². The largest absolute Gasteiger partial charge is 0.398 e. The number of carbonyl (C=O) groups excluding carboxylic acids is 3. The van der Waals surface area contributed by atoms with Crippen molar-refractivity contribution in [2.45, 2.75) is 38.6 Å². The average molecular weight is 422 g/mol. The van der Waals surface area contributed by atoms with E-state index in [-0.39, 0.29) is 36.1 Å². The summed E-state index contributed by atoms with van der Waals surface area (Å²) in [6, 6.07) is 1.91. The van der Waals surface area contributed by atoms with Crippen LogP contribution in [0.5, 0.6) is 0 Å². The number of rotatable bonds is 6. The predicted molar refractivity (Wildman–Crippen MR) is 114 cm³/mol. The molecule has 5 N–H and O–H groups in total. The monoisotopic (exact) mass is 422 g/mol. The molecule has 1 saturated carbocycles. The van der Waals surface area contributed by atoms with E-state index in [1.807, 2.05) is 13.0 Å². The molecule has 1 aliphatic carbocycles. The van der Waals surface area contributed by atoms with Crippen molar-refractivity contribution in [3.8, 4) is 0 Å². The molecule has 162 valence electrons. The highest BCUT2D eigenvalue weighted by Crippen LogP contribution is 2.38. The van der Waals surface area contributed by atoms with Crippen LogP contribution in [-0.4, -0.2) is 51.6 Å². The zero-order chi connectivity index (χ0) is 22.1. The van der Waals surface area contributed by atoms with Gasteiger partial charge >= 0.3 is 0 Å². The summed E-state index contributed by atoms with van der Waals surface area (Å²) >= 11 is 0. The number of imide groups is 1. The van der Waals surface area contributed by atoms with Crippen molar-refractivity contribution in [3.05, 3.63) is 58.8 Å². The number of carbonyl (C=O) groups is 3. The summed E-state index contributed by atoms with van der Waals surface area (Å²) in [4.78, 5) is 45.1. The van der Waals surface area contributed by atoms with E-state index >= 15 is 0 Å². The average Bonchev–Trinajstić information content (AvgIpc) is 3.52. The first kappa shape index (κ1) is 20.6. The van der Waals surface area contributed by atoms with Gasteiger partial charge in [-0.15, -0.1) is 0 Å². The minimum atomic E-state index is -0.364. The maximum Gasteiger partial charge on any atom is 0.277 e. The third kappa shape index (κ3) is 4.30. The third-order valence-corrected chi connectivity index (χ3v) is 5.54. The minimum Gasteiger partial charge on any atom is -0.398 e. The Hall–Kier alpha value is -3.62. The van der Waals surface area contributed by atoms with Crippen LogP contribution in [0, 0.1) is 6.92 Å². The summed E-state index contributed by atoms with van der Waals surface area (Å²) in [7, 11) is 0. The Balaban J connectivity index is 1.40. The third-order valence-electron chi connectivity index (χ3n) is 5.54. The lowest BCUT2D eigenvalue weighted by atomic mass is 10.0. The maximum atomic E-state index is 12.8. The van der Waals surface area contributed by atoms with Gasteiger partial charge in [-0.05, 0) is 56.4 Å².